The van der Waals surface area contributed by atoms with Crippen LogP contribution in [0, 0.1) is 13.8 Å². The molecule has 0 saturated carbocycles. The minimum atomic E-state index is -3.86. The molecule has 3 rings (SSSR count). The van der Waals surface area contributed by atoms with Crippen LogP contribution >= 0.6 is 0 Å². The van der Waals surface area contributed by atoms with Crippen molar-refractivity contribution in [1.82, 2.24) is 9.79 Å². The number of allylic oxidation sites excluding steroid dienone is 2. The molecule has 0 aromatic carbocycles. The number of nitrogens with zero attached hydrogens (tertiary/aromatic N) is 2. The molecule has 2 aliphatic rings. The van der Waals surface area contributed by atoms with Crippen molar-refractivity contribution < 1.29 is 13.1 Å². The third-order valence-corrected chi connectivity index (χ3v) is 4.54. The van der Waals surface area contributed by atoms with Crippen LogP contribution in [0.1, 0.15) is 43.6 Å². The van der Waals surface area contributed by atoms with Crippen molar-refractivity contribution in [2.75, 3.05) is 6.54 Å². The summed E-state index contributed by atoms with van der Waals surface area (Å²) in [5.74, 6) is 0.504. The molecular formula is C16H22BF2N3. The van der Waals surface area contributed by atoms with E-state index < -0.39 is 6.97 Å². The zero-order valence-corrected chi connectivity index (χ0v) is 13.6. The summed E-state index contributed by atoms with van der Waals surface area (Å²) in [5, 5.41) is 3.16. The summed E-state index contributed by atoms with van der Waals surface area (Å²) in [7, 11) is 0. The summed E-state index contributed by atoms with van der Waals surface area (Å²) in [5.41, 5.74) is 3.69. The summed E-state index contributed by atoms with van der Waals surface area (Å²) >= 11 is 0. The normalized spacial score (nSPS) is 18.8. The van der Waals surface area contributed by atoms with Gasteiger partial charge in [0.25, 0.3) is 0 Å². The number of nitrogens with one attached hydrogen (secondary N) is 1. The van der Waals surface area contributed by atoms with Crippen LogP contribution in [0.2, 0.25) is 0 Å². The molecule has 0 radical (unpaired) electrons. The van der Waals surface area contributed by atoms with E-state index in [1.807, 2.05) is 19.9 Å². The number of hydrogen-bond donors (Lipinski definition) is 1. The van der Waals surface area contributed by atoms with Crippen LogP contribution in [0.4, 0.5) is 8.63 Å². The molecule has 0 amide bonds. The van der Waals surface area contributed by atoms with Crippen LogP contribution in [0.5, 0.6) is 0 Å². The lowest BCUT2D eigenvalue weighted by Crippen LogP contribution is -2.53. The van der Waals surface area contributed by atoms with E-state index in [4.69, 9.17) is 0 Å². The topological polar surface area (TPSA) is 20.0 Å². The van der Waals surface area contributed by atoms with Gasteiger partial charge in [-0.3, -0.25) is 5.32 Å². The Hall–Kier alpha value is -1.85. The number of aromatic nitrogens is 1. The molecule has 1 aromatic rings. The fourth-order valence-corrected chi connectivity index (χ4v) is 3.56. The third kappa shape index (κ3) is 1.96. The van der Waals surface area contributed by atoms with Crippen LogP contribution in [-0.2, 0) is 0 Å². The highest BCUT2D eigenvalue weighted by atomic mass is 19.2. The van der Waals surface area contributed by atoms with Crippen molar-refractivity contribution in [3.05, 3.63) is 40.9 Å². The Morgan fingerprint density at radius 2 is 1.95 bits per heavy atom. The molecule has 1 N–H and O–H groups in total. The van der Waals surface area contributed by atoms with E-state index in [1.54, 1.807) is 19.1 Å². The fraction of sp³-hybridized carbons (Fsp3) is 0.438. The number of halogens is 2. The fourth-order valence-electron chi connectivity index (χ4n) is 3.56. The Morgan fingerprint density at radius 1 is 1.23 bits per heavy atom. The molecule has 0 bridgehead atoms. The lowest BCUT2D eigenvalue weighted by molar-refractivity contribution is -0.364. The number of rotatable bonds is 3. The molecular weight excluding hydrogens is 283 g/mol. The first-order chi connectivity index (χ1) is 10.4. The summed E-state index contributed by atoms with van der Waals surface area (Å²) in [4.78, 5) is 0. The zero-order chi connectivity index (χ0) is 16.1. The lowest BCUT2D eigenvalue weighted by Gasteiger charge is -2.36. The molecule has 0 atom stereocenters. The number of aryl methyl sites for hydroxylation is 2. The molecule has 0 spiro atoms. The molecule has 1 aromatic heterocycles. The maximum Gasteiger partial charge on any atom is 0.639 e. The number of hydrogen-bond acceptors (Lipinski definition) is 1. The highest BCUT2D eigenvalue weighted by Gasteiger charge is 2.48. The second-order valence-electron chi connectivity index (χ2n) is 6.15. The third-order valence-electron chi connectivity index (χ3n) is 4.54. The molecule has 22 heavy (non-hydrogen) atoms. The van der Waals surface area contributed by atoms with E-state index in [2.05, 4.69) is 12.2 Å². The Bertz CT molecular complexity index is 726. The Morgan fingerprint density at radius 3 is 2.64 bits per heavy atom. The molecule has 0 aliphatic carbocycles. The Balaban J connectivity index is 2.16. The van der Waals surface area contributed by atoms with Gasteiger partial charge in [-0.1, -0.05) is 13.3 Å². The van der Waals surface area contributed by atoms with E-state index in [0.29, 0.717) is 29.5 Å². The van der Waals surface area contributed by atoms with Crippen molar-refractivity contribution in [1.29, 1.82) is 0 Å². The SMILES string of the molecule is CCCCNC1=[N+]2C(=C(C)c3c(C)cc(C)n3[B-]2(F)F)C=C1. The van der Waals surface area contributed by atoms with Crippen molar-refractivity contribution in [3.63, 3.8) is 0 Å². The summed E-state index contributed by atoms with van der Waals surface area (Å²) < 4.78 is 32.7. The first kappa shape index (κ1) is 15.1. The maximum absolute atomic E-state index is 15.2. The van der Waals surface area contributed by atoms with Gasteiger partial charge in [0.1, 0.15) is 0 Å². The minimum absolute atomic E-state index is 0.504. The molecule has 0 unspecified atom stereocenters. The summed E-state index contributed by atoms with van der Waals surface area (Å²) in [6.07, 6.45) is 5.56. The minimum Gasteiger partial charge on any atom is -0.420 e. The van der Waals surface area contributed by atoms with Crippen molar-refractivity contribution in [2.45, 2.75) is 40.5 Å². The van der Waals surface area contributed by atoms with Crippen LogP contribution in [0.25, 0.3) is 5.57 Å². The molecule has 3 nitrogen and oxygen atoms in total. The molecule has 2 aliphatic heterocycles. The van der Waals surface area contributed by atoms with E-state index in [1.165, 1.54) is 8.96 Å². The molecule has 3 heterocycles. The first-order valence-electron chi connectivity index (χ1n) is 7.90. The van der Waals surface area contributed by atoms with E-state index in [0.717, 1.165) is 24.0 Å². The predicted molar refractivity (Wildman–Crippen MR) is 87.2 cm³/mol. The lowest BCUT2D eigenvalue weighted by atomic mass is 9.88. The molecule has 118 valence electrons. The van der Waals surface area contributed by atoms with Crippen molar-refractivity contribution in [3.8, 4) is 0 Å². The monoisotopic (exact) mass is 305 g/mol. The second-order valence-corrected chi connectivity index (χ2v) is 6.15. The van der Waals surface area contributed by atoms with Crippen molar-refractivity contribution >= 4 is 18.4 Å². The predicted octanol–water partition coefficient (Wildman–Crippen LogP) is 3.44. The van der Waals surface area contributed by atoms with Gasteiger partial charge in [0.05, 0.1) is 12.2 Å². The zero-order valence-electron chi connectivity index (χ0n) is 13.6. The van der Waals surface area contributed by atoms with Crippen LogP contribution < -0.4 is 5.32 Å². The highest BCUT2D eigenvalue weighted by Crippen LogP contribution is 2.38. The average molecular weight is 305 g/mol. The molecule has 0 fully saturated rings. The van der Waals surface area contributed by atoms with Gasteiger partial charge in [0.15, 0.2) is 0 Å². The highest BCUT2D eigenvalue weighted by molar-refractivity contribution is 6.58. The summed E-state index contributed by atoms with van der Waals surface area (Å²) in [6.45, 7) is 4.50. The average Bonchev–Trinajstić information content (AvgIpc) is 2.99. The van der Waals surface area contributed by atoms with Crippen molar-refractivity contribution in [2.24, 2.45) is 0 Å². The van der Waals surface area contributed by atoms with Gasteiger partial charge in [-0.15, -0.1) is 0 Å². The Labute approximate surface area is 130 Å². The van der Waals surface area contributed by atoms with Crippen LogP contribution in [-0.4, -0.2) is 28.3 Å². The van der Waals surface area contributed by atoms with E-state index >= 15 is 8.63 Å². The second kappa shape index (κ2) is 5.11. The maximum atomic E-state index is 15.2. The largest absolute Gasteiger partial charge is 0.639 e. The number of fused-ring (bicyclic) bond motifs is 2. The van der Waals surface area contributed by atoms with Gasteiger partial charge in [0, 0.05) is 17.3 Å². The Kier molecular flexibility index (Phi) is 3.50. The van der Waals surface area contributed by atoms with Crippen LogP contribution in [0.15, 0.2) is 23.9 Å². The molecule has 0 saturated heterocycles. The van der Waals surface area contributed by atoms with Gasteiger partial charge in [-0.2, -0.15) is 0 Å². The summed E-state index contributed by atoms with van der Waals surface area (Å²) in [6, 6.07) is 1.84. The quantitative estimate of drug-likeness (QED) is 0.670. The van der Waals surface area contributed by atoms with Gasteiger partial charge < -0.3 is 17.6 Å². The van der Waals surface area contributed by atoms with Gasteiger partial charge in [-0.25, -0.2) is 0 Å². The van der Waals surface area contributed by atoms with Crippen LogP contribution in [0.3, 0.4) is 0 Å². The first-order valence-corrected chi connectivity index (χ1v) is 7.90. The van der Waals surface area contributed by atoms with E-state index in [-0.39, 0.29) is 0 Å². The molecule has 6 heteroatoms. The van der Waals surface area contributed by atoms with Gasteiger partial charge in [-0.05, 0) is 50.6 Å². The smallest absolute Gasteiger partial charge is 0.420 e. The number of amidine groups is 1. The van der Waals surface area contributed by atoms with E-state index in [9.17, 15) is 0 Å². The van der Waals surface area contributed by atoms with Gasteiger partial charge in [0.2, 0.25) is 5.84 Å². The number of unbranched alkanes of at least 4 members (excludes halogenated alkanes) is 1. The van der Waals surface area contributed by atoms with Gasteiger partial charge >= 0.3 is 6.97 Å². The standard InChI is InChI=1S/C16H22BF2N3/c1-5-6-9-20-15-8-7-14-13(4)16-11(2)10-12(3)21(16)17(18,19)22(14)15/h7-8,10,20H,5-6,9H2,1-4H3.